The highest BCUT2D eigenvalue weighted by Crippen LogP contribution is 2.28. The molecule has 0 unspecified atom stereocenters. The molecule has 0 saturated heterocycles. The lowest BCUT2D eigenvalue weighted by molar-refractivity contribution is 0.0951. The van der Waals surface area contributed by atoms with Gasteiger partial charge in [0.1, 0.15) is 16.4 Å². The highest BCUT2D eigenvalue weighted by atomic mass is 35.7. The van der Waals surface area contributed by atoms with Gasteiger partial charge in [-0.1, -0.05) is 17.7 Å². The maximum atomic E-state index is 12.3. The van der Waals surface area contributed by atoms with E-state index in [1.807, 2.05) is 0 Å². The Balaban J connectivity index is 2.09. The van der Waals surface area contributed by atoms with Gasteiger partial charge in [0, 0.05) is 22.2 Å². The number of carbonyl (C=O) groups is 1. The number of amides is 1. The summed E-state index contributed by atoms with van der Waals surface area (Å²) in [6.45, 7) is 0.280. The molecule has 0 saturated carbocycles. The van der Waals surface area contributed by atoms with E-state index in [1.54, 1.807) is 18.2 Å². The Hall–Kier alpha value is -1.96. The second-order valence-corrected chi connectivity index (χ2v) is 8.24. The van der Waals surface area contributed by atoms with Crippen LogP contribution < -0.4 is 14.8 Å². The second kappa shape index (κ2) is 8.62. The molecule has 0 aliphatic rings. The SMILES string of the molecule is COc1ccc(Cl)cc1C(=O)NCCc1ccc(OC)c(S(=O)(=O)Cl)c1. The van der Waals surface area contributed by atoms with E-state index in [0.717, 1.165) is 0 Å². The van der Waals surface area contributed by atoms with Crippen LogP contribution in [0, 0.1) is 0 Å². The molecule has 1 N–H and O–H groups in total. The van der Waals surface area contributed by atoms with Crippen LogP contribution in [-0.2, 0) is 15.5 Å². The minimum absolute atomic E-state index is 0.109. The van der Waals surface area contributed by atoms with Crippen molar-refractivity contribution in [3.8, 4) is 11.5 Å². The third kappa shape index (κ3) is 5.03. The summed E-state index contributed by atoms with van der Waals surface area (Å²) in [7, 11) is 4.31. The van der Waals surface area contributed by atoms with Gasteiger partial charge in [-0.25, -0.2) is 8.42 Å². The van der Waals surface area contributed by atoms with E-state index in [-0.39, 0.29) is 23.1 Å². The van der Waals surface area contributed by atoms with Crippen molar-refractivity contribution >= 4 is 37.2 Å². The van der Waals surface area contributed by atoms with E-state index in [9.17, 15) is 13.2 Å². The molecule has 0 fully saturated rings. The Bertz CT molecular complexity index is 915. The van der Waals surface area contributed by atoms with Gasteiger partial charge in [0.2, 0.25) is 0 Å². The van der Waals surface area contributed by atoms with Gasteiger partial charge in [-0.15, -0.1) is 0 Å². The molecule has 140 valence electrons. The molecule has 0 spiro atoms. The number of halogens is 2. The number of nitrogens with one attached hydrogen (secondary N) is 1. The Morgan fingerprint density at radius 1 is 1.08 bits per heavy atom. The zero-order chi connectivity index (χ0) is 19.3. The third-order valence-corrected chi connectivity index (χ3v) is 5.17. The largest absolute Gasteiger partial charge is 0.496 e. The first-order valence-corrected chi connectivity index (χ1v) is 10.2. The van der Waals surface area contributed by atoms with Crippen LogP contribution in [0.25, 0.3) is 0 Å². The highest BCUT2D eigenvalue weighted by molar-refractivity contribution is 8.13. The van der Waals surface area contributed by atoms with Crippen molar-refractivity contribution in [2.24, 2.45) is 0 Å². The summed E-state index contributed by atoms with van der Waals surface area (Å²) in [5, 5.41) is 3.16. The van der Waals surface area contributed by atoms with E-state index in [0.29, 0.717) is 28.3 Å². The lowest BCUT2D eigenvalue weighted by Gasteiger charge is -2.11. The van der Waals surface area contributed by atoms with Gasteiger partial charge in [-0.05, 0) is 42.3 Å². The van der Waals surface area contributed by atoms with E-state index < -0.39 is 9.05 Å². The van der Waals surface area contributed by atoms with E-state index in [4.69, 9.17) is 31.8 Å². The van der Waals surface area contributed by atoms with Gasteiger partial charge in [0.05, 0.1) is 19.8 Å². The minimum atomic E-state index is -3.94. The van der Waals surface area contributed by atoms with Crippen molar-refractivity contribution in [1.29, 1.82) is 0 Å². The fourth-order valence-corrected chi connectivity index (χ4v) is 3.56. The van der Waals surface area contributed by atoms with Crippen molar-refractivity contribution in [2.45, 2.75) is 11.3 Å². The van der Waals surface area contributed by atoms with Crippen LogP contribution in [0.5, 0.6) is 11.5 Å². The molecule has 0 radical (unpaired) electrons. The number of ether oxygens (including phenoxy) is 2. The predicted molar refractivity (Wildman–Crippen MR) is 100 cm³/mol. The Morgan fingerprint density at radius 3 is 2.35 bits per heavy atom. The summed E-state index contributed by atoms with van der Waals surface area (Å²) in [6.07, 6.45) is 0.401. The molecule has 26 heavy (non-hydrogen) atoms. The first-order valence-electron chi connectivity index (χ1n) is 7.49. The van der Waals surface area contributed by atoms with Crippen molar-refractivity contribution in [3.05, 3.63) is 52.5 Å². The van der Waals surface area contributed by atoms with Crippen LogP contribution in [-0.4, -0.2) is 35.1 Å². The monoisotopic (exact) mass is 417 g/mol. The van der Waals surface area contributed by atoms with Gasteiger partial charge in [-0.2, -0.15) is 0 Å². The van der Waals surface area contributed by atoms with E-state index >= 15 is 0 Å². The zero-order valence-corrected chi connectivity index (χ0v) is 16.4. The minimum Gasteiger partial charge on any atom is -0.496 e. The maximum Gasteiger partial charge on any atom is 0.264 e. The van der Waals surface area contributed by atoms with E-state index in [2.05, 4.69) is 5.32 Å². The lowest BCUT2D eigenvalue weighted by atomic mass is 10.1. The molecule has 0 aliphatic heterocycles. The number of hydrogen-bond acceptors (Lipinski definition) is 5. The van der Waals surface area contributed by atoms with Crippen LogP contribution in [0.2, 0.25) is 5.02 Å². The van der Waals surface area contributed by atoms with Gasteiger partial charge in [-0.3, -0.25) is 4.79 Å². The smallest absolute Gasteiger partial charge is 0.264 e. The summed E-state index contributed by atoms with van der Waals surface area (Å²) >= 11 is 5.92. The third-order valence-electron chi connectivity index (χ3n) is 3.60. The lowest BCUT2D eigenvalue weighted by Crippen LogP contribution is -2.26. The molecule has 9 heteroatoms. The Kier molecular flexibility index (Phi) is 6.75. The van der Waals surface area contributed by atoms with Crippen molar-refractivity contribution in [3.63, 3.8) is 0 Å². The molecule has 2 aromatic carbocycles. The molecule has 0 bridgehead atoms. The van der Waals surface area contributed by atoms with Gasteiger partial charge < -0.3 is 14.8 Å². The summed E-state index contributed by atoms with van der Waals surface area (Å²) in [6, 6.07) is 9.40. The molecule has 2 aromatic rings. The zero-order valence-electron chi connectivity index (χ0n) is 14.1. The molecular formula is C17H17Cl2NO5S. The Labute approximate surface area is 161 Å². The van der Waals surface area contributed by atoms with Crippen LogP contribution >= 0.6 is 22.3 Å². The molecule has 1 amide bonds. The number of rotatable bonds is 7. The van der Waals surface area contributed by atoms with Crippen molar-refractivity contribution < 1.29 is 22.7 Å². The average molecular weight is 418 g/mol. The Morgan fingerprint density at radius 2 is 1.73 bits per heavy atom. The summed E-state index contributed by atoms with van der Waals surface area (Å²) in [5.41, 5.74) is 1.00. The molecule has 0 aliphatic carbocycles. The normalized spacial score (nSPS) is 11.1. The topological polar surface area (TPSA) is 81.7 Å². The second-order valence-electron chi connectivity index (χ2n) is 5.27. The summed E-state index contributed by atoms with van der Waals surface area (Å²) in [5.74, 6) is 0.228. The quantitative estimate of drug-likeness (QED) is 0.699. The average Bonchev–Trinajstić information content (AvgIpc) is 2.60. The summed E-state index contributed by atoms with van der Waals surface area (Å²) in [4.78, 5) is 12.2. The van der Waals surface area contributed by atoms with Gasteiger partial charge >= 0.3 is 0 Å². The molecular weight excluding hydrogens is 401 g/mol. The van der Waals surface area contributed by atoms with Crippen LogP contribution in [0.1, 0.15) is 15.9 Å². The molecule has 6 nitrogen and oxygen atoms in total. The van der Waals surface area contributed by atoms with E-state index in [1.165, 1.54) is 32.4 Å². The van der Waals surface area contributed by atoms with Gasteiger partial charge in [0.15, 0.2) is 0 Å². The van der Waals surface area contributed by atoms with Crippen LogP contribution in [0.3, 0.4) is 0 Å². The predicted octanol–water partition coefficient (Wildman–Crippen LogP) is 3.26. The number of methoxy groups -OCH3 is 2. The fraction of sp³-hybridized carbons (Fsp3) is 0.235. The number of carbonyl (C=O) groups excluding carboxylic acids is 1. The van der Waals surface area contributed by atoms with Crippen LogP contribution in [0.15, 0.2) is 41.3 Å². The first kappa shape index (κ1) is 20.4. The fourth-order valence-electron chi connectivity index (χ4n) is 2.34. The van der Waals surface area contributed by atoms with Crippen molar-refractivity contribution in [2.75, 3.05) is 20.8 Å². The molecule has 0 heterocycles. The van der Waals surface area contributed by atoms with Crippen LogP contribution in [0.4, 0.5) is 0 Å². The van der Waals surface area contributed by atoms with Crippen molar-refractivity contribution in [1.82, 2.24) is 5.32 Å². The molecule has 0 atom stereocenters. The summed E-state index contributed by atoms with van der Waals surface area (Å²) < 4.78 is 33.4. The van der Waals surface area contributed by atoms with Gasteiger partial charge in [0.25, 0.3) is 15.0 Å². The number of hydrogen-bond donors (Lipinski definition) is 1. The first-order chi connectivity index (χ1) is 12.3. The molecule has 0 aromatic heterocycles. The maximum absolute atomic E-state index is 12.3. The number of benzene rings is 2. The molecule has 2 rings (SSSR count). The standard InChI is InChI=1S/C17H17Cl2NO5S/c1-24-14-6-4-12(18)10-13(14)17(21)20-8-7-11-3-5-15(25-2)16(9-11)26(19,22)23/h3-6,9-10H,7-8H2,1-2H3,(H,20,21). The highest BCUT2D eigenvalue weighted by Gasteiger charge is 2.17.